The summed E-state index contributed by atoms with van der Waals surface area (Å²) in [4.78, 5) is 0. The van der Waals surface area contributed by atoms with Crippen molar-refractivity contribution in [3.05, 3.63) is 47.5 Å². The van der Waals surface area contributed by atoms with Gasteiger partial charge >= 0.3 is 0 Å². The van der Waals surface area contributed by atoms with Crippen LogP contribution in [0.5, 0.6) is 0 Å². The number of aryl methyl sites for hydroxylation is 1. The Kier molecular flexibility index (Phi) is 5.29. The molecule has 0 fully saturated rings. The van der Waals surface area contributed by atoms with Crippen LogP contribution in [0.3, 0.4) is 0 Å². The summed E-state index contributed by atoms with van der Waals surface area (Å²) in [5.74, 6) is 0. The van der Waals surface area contributed by atoms with E-state index in [2.05, 4.69) is 58.1 Å². The maximum absolute atomic E-state index is 9.53. The van der Waals surface area contributed by atoms with E-state index in [0.717, 1.165) is 41.3 Å². The van der Waals surface area contributed by atoms with Gasteiger partial charge in [-0.15, -0.1) is 0 Å². The lowest BCUT2D eigenvalue weighted by Crippen LogP contribution is -2.41. The zero-order valence-corrected chi connectivity index (χ0v) is 15.9. The van der Waals surface area contributed by atoms with Gasteiger partial charge in [0.25, 0.3) is 0 Å². The fourth-order valence-electron chi connectivity index (χ4n) is 2.46. The molecule has 0 aliphatic carbocycles. The highest BCUT2D eigenvalue weighted by Gasteiger charge is 2.36. The van der Waals surface area contributed by atoms with Crippen molar-refractivity contribution in [3.8, 4) is 6.07 Å². The lowest BCUT2D eigenvalue weighted by molar-refractivity contribution is 0.282. The predicted octanol–water partition coefficient (Wildman–Crippen LogP) is 5.67. The molecular formula is C20H27NOSi. The Morgan fingerprint density at radius 1 is 1.09 bits per heavy atom. The van der Waals surface area contributed by atoms with Gasteiger partial charge in [-0.25, -0.2) is 0 Å². The molecule has 0 bridgehead atoms. The third-order valence-corrected chi connectivity index (χ3v) is 9.52. The minimum absolute atomic E-state index is 0.244. The molecule has 2 aromatic rings. The lowest BCUT2D eigenvalue weighted by Gasteiger charge is -2.36. The lowest BCUT2D eigenvalue weighted by atomic mass is 9.97. The van der Waals surface area contributed by atoms with Gasteiger partial charge in [0.15, 0.2) is 8.32 Å². The summed E-state index contributed by atoms with van der Waals surface area (Å²) in [7, 11) is -1.67. The van der Waals surface area contributed by atoms with Crippen LogP contribution >= 0.6 is 0 Å². The highest BCUT2D eigenvalue weighted by Crippen LogP contribution is 2.36. The van der Waals surface area contributed by atoms with E-state index in [1.165, 1.54) is 0 Å². The van der Waals surface area contributed by atoms with Crippen molar-refractivity contribution in [3.63, 3.8) is 0 Å². The maximum atomic E-state index is 9.53. The monoisotopic (exact) mass is 325 g/mol. The van der Waals surface area contributed by atoms with Crippen LogP contribution < -0.4 is 0 Å². The van der Waals surface area contributed by atoms with E-state index in [-0.39, 0.29) is 5.04 Å². The molecule has 2 rings (SSSR count). The Hall–Kier alpha value is -1.63. The van der Waals surface area contributed by atoms with E-state index in [9.17, 15) is 5.26 Å². The summed E-state index contributed by atoms with van der Waals surface area (Å²) in [5.41, 5.74) is 1.94. The molecule has 0 aliphatic heterocycles. The second kappa shape index (κ2) is 6.86. The van der Waals surface area contributed by atoms with Gasteiger partial charge in [-0.3, -0.25) is 0 Å². The van der Waals surface area contributed by atoms with Gasteiger partial charge in [-0.1, -0.05) is 57.2 Å². The molecule has 0 aromatic heterocycles. The minimum Gasteiger partial charge on any atom is -0.417 e. The fraction of sp³-hybridized carbons (Fsp3) is 0.450. The van der Waals surface area contributed by atoms with Gasteiger partial charge in [0.2, 0.25) is 0 Å². The highest BCUT2D eigenvalue weighted by atomic mass is 28.4. The summed E-state index contributed by atoms with van der Waals surface area (Å²) in [6.07, 6.45) is 1.85. The summed E-state index contributed by atoms with van der Waals surface area (Å²) >= 11 is 0. The molecular weight excluding hydrogens is 298 g/mol. The molecule has 3 heteroatoms. The van der Waals surface area contributed by atoms with Gasteiger partial charge < -0.3 is 4.43 Å². The van der Waals surface area contributed by atoms with Gasteiger partial charge in [0, 0.05) is 6.61 Å². The molecule has 23 heavy (non-hydrogen) atoms. The zero-order valence-electron chi connectivity index (χ0n) is 14.9. The van der Waals surface area contributed by atoms with E-state index in [4.69, 9.17) is 4.43 Å². The molecule has 0 heterocycles. The first kappa shape index (κ1) is 17.7. The van der Waals surface area contributed by atoms with E-state index < -0.39 is 8.32 Å². The first-order chi connectivity index (χ1) is 10.8. The molecule has 0 saturated carbocycles. The number of rotatable bonds is 5. The third-order valence-electron chi connectivity index (χ3n) is 4.99. The Morgan fingerprint density at radius 3 is 2.43 bits per heavy atom. The van der Waals surface area contributed by atoms with Crippen LogP contribution in [0.4, 0.5) is 0 Å². The smallest absolute Gasteiger partial charge is 0.191 e. The Balaban J connectivity index is 2.05. The van der Waals surface area contributed by atoms with Crippen LogP contribution in [0, 0.1) is 11.3 Å². The van der Waals surface area contributed by atoms with Crippen molar-refractivity contribution >= 4 is 19.1 Å². The number of nitrogens with zero attached hydrogens (tertiary/aromatic N) is 1. The van der Waals surface area contributed by atoms with Crippen molar-refractivity contribution in [2.75, 3.05) is 6.61 Å². The van der Waals surface area contributed by atoms with E-state index >= 15 is 0 Å². The Labute approximate surface area is 141 Å². The van der Waals surface area contributed by atoms with Crippen molar-refractivity contribution < 1.29 is 4.43 Å². The van der Waals surface area contributed by atoms with Crippen LogP contribution in [0.15, 0.2) is 36.4 Å². The summed E-state index contributed by atoms with van der Waals surface area (Å²) in [6, 6.07) is 14.7. The largest absolute Gasteiger partial charge is 0.417 e. The molecule has 0 amide bonds. The van der Waals surface area contributed by atoms with Gasteiger partial charge in [0.1, 0.15) is 6.07 Å². The Morgan fingerprint density at radius 2 is 1.78 bits per heavy atom. The number of fused-ring (bicyclic) bond motifs is 1. The molecule has 2 aromatic carbocycles. The zero-order chi connectivity index (χ0) is 17.1. The number of nitriles is 1. The second-order valence-corrected chi connectivity index (χ2v) is 12.5. The first-order valence-corrected chi connectivity index (χ1v) is 11.2. The topological polar surface area (TPSA) is 33.0 Å². The normalized spacial score (nSPS) is 12.3. The van der Waals surface area contributed by atoms with Crippen LogP contribution in [-0.2, 0) is 10.8 Å². The minimum atomic E-state index is -1.67. The second-order valence-electron chi connectivity index (χ2n) is 7.64. The van der Waals surface area contributed by atoms with Crippen LogP contribution in [0.25, 0.3) is 10.8 Å². The van der Waals surface area contributed by atoms with Gasteiger partial charge in [-0.2, -0.15) is 5.26 Å². The molecule has 0 spiro atoms. The van der Waals surface area contributed by atoms with E-state index in [0.29, 0.717) is 0 Å². The van der Waals surface area contributed by atoms with Crippen molar-refractivity contribution in [2.45, 2.75) is 51.7 Å². The van der Waals surface area contributed by atoms with Crippen molar-refractivity contribution in [2.24, 2.45) is 0 Å². The number of benzene rings is 2. The molecule has 2 nitrogen and oxygen atoms in total. The third kappa shape index (κ3) is 4.02. The van der Waals surface area contributed by atoms with Crippen molar-refractivity contribution in [1.29, 1.82) is 5.26 Å². The van der Waals surface area contributed by atoms with E-state index in [1.807, 2.05) is 18.2 Å². The van der Waals surface area contributed by atoms with E-state index in [1.54, 1.807) is 0 Å². The average Bonchev–Trinajstić information content (AvgIpc) is 2.50. The van der Waals surface area contributed by atoms with Crippen molar-refractivity contribution in [1.82, 2.24) is 0 Å². The quantitative estimate of drug-likeness (QED) is 0.524. The van der Waals surface area contributed by atoms with Crippen LogP contribution in [0.1, 0.15) is 38.3 Å². The summed E-state index contributed by atoms with van der Waals surface area (Å²) in [6.45, 7) is 12.1. The van der Waals surface area contributed by atoms with Crippen LogP contribution in [0.2, 0.25) is 18.1 Å². The molecule has 0 saturated heterocycles. The fourth-order valence-corrected chi connectivity index (χ4v) is 3.55. The molecule has 0 radical (unpaired) electrons. The van der Waals surface area contributed by atoms with Crippen LogP contribution in [-0.4, -0.2) is 14.9 Å². The molecule has 0 unspecified atom stereocenters. The maximum Gasteiger partial charge on any atom is 0.191 e. The molecule has 0 atom stereocenters. The first-order valence-electron chi connectivity index (χ1n) is 8.31. The number of hydrogen-bond acceptors (Lipinski definition) is 2. The Bertz CT molecular complexity index is 722. The molecule has 0 aliphatic rings. The molecule has 122 valence electrons. The standard InChI is InChI=1S/C20H27NOSi/c1-20(2,3)23(4,5)22-14-8-10-17-13-12-16-9-6-7-11-18(16)19(17)15-21/h6-7,9,11-13H,8,10,14H2,1-5H3. The summed E-state index contributed by atoms with van der Waals surface area (Å²) < 4.78 is 6.23. The SMILES string of the molecule is CC(C)(C)[Si](C)(C)OCCCc1ccc2ccccc2c1C#N. The average molecular weight is 326 g/mol. The highest BCUT2D eigenvalue weighted by molar-refractivity contribution is 6.74. The molecule has 0 N–H and O–H groups in total. The van der Waals surface area contributed by atoms with Gasteiger partial charge in [-0.05, 0) is 47.3 Å². The summed E-state index contributed by atoms with van der Waals surface area (Å²) in [5, 5.41) is 12.0. The number of hydrogen-bond donors (Lipinski definition) is 0. The predicted molar refractivity (Wildman–Crippen MR) is 100 cm³/mol. The van der Waals surface area contributed by atoms with Gasteiger partial charge in [0.05, 0.1) is 5.56 Å².